The van der Waals surface area contributed by atoms with Crippen molar-refractivity contribution in [1.82, 2.24) is 15.8 Å². The highest BCUT2D eigenvalue weighted by Crippen LogP contribution is 2.22. The van der Waals surface area contributed by atoms with Gasteiger partial charge < -0.3 is 14.4 Å². The molecular weight excluding hydrogens is 302 g/mol. The van der Waals surface area contributed by atoms with E-state index in [1.54, 1.807) is 4.90 Å². The van der Waals surface area contributed by atoms with E-state index in [1.807, 2.05) is 27.7 Å². The summed E-state index contributed by atoms with van der Waals surface area (Å²) in [5.74, 6) is -0.764. The Morgan fingerprint density at radius 2 is 1.87 bits per heavy atom. The smallest absolute Gasteiger partial charge is 0.410 e. The van der Waals surface area contributed by atoms with E-state index < -0.39 is 11.5 Å². The molecule has 1 saturated heterocycles. The summed E-state index contributed by atoms with van der Waals surface area (Å²) in [4.78, 5) is 35.9. The van der Waals surface area contributed by atoms with Crippen LogP contribution in [0.15, 0.2) is 0 Å². The van der Waals surface area contributed by atoms with Gasteiger partial charge in [0.1, 0.15) is 12.2 Å². The monoisotopic (exact) mass is 329 g/mol. The van der Waals surface area contributed by atoms with Crippen molar-refractivity contribution in [3.05, 3.63) is 0 Å². The Bertz CT molecular complexity index is 447. The fraction of sp³-hybridized carbons (Fsp3) is 0.800. The van der Waals surface area contributed by atoms with Gasteiger partial charge in [0.25, 0.3) is 5.91 Å². The number of hydrazine groups is 1. The van der Waals surface area contributed by atoms with Gasteiger partial charge in [0.15, 0.2) is 0 Å². The second-order valence-corrected chi connectivity index (χ2v) is 6.71. The second-order valence-electron chi connectivity index (χ2n) is 6.71. The number of carbonyl (C=O) groups excluding carboxylic acids is 3. The first-order valence-corrected chi connectivity index (χ1v) is 7.75. The minimum absolute atomic E-state index is 0.0259. The second kappa shape index (κ2) is 8.14. The Labute approximate surface area is 136 Å². The summed E-state index contributed by atoms with van der Waals surface area (Å²) in [7, 11) is 0. The lowest BCUT2D eigenvalue weighted by Crippen LogP contribution is -2.49. The minimum atomic E-state index is -0.522. The third-order valence-electron chi connectivity index (χ3n) is 3.28. The van der Waals surface area contributed by atoms with Gasteiger partial charge in [-0.05, 0) is 40.5 Å². The molecule has 1 rings (SSSR count). The van der Waals surface area contributed by atoms with Crippen LogP contribution >= 0.6 is 0 Å². The molecule has 1 aliphatic heterocycles. The molecule has 3 amide bonds. The van der Waals surface area contributed by atoms with E-state index in [-0.39, 0.29) is 30.8 Å². The van der Waals surface area contributed by atoms with Crippen LogP contribution in [0, 0.1) is 0 Å². The number of hydrogen-bond donors (Lipinski definition) is 2. The molecule has 8 heteroatoms. The molecule has 0 radical (unpaired) electrons. The molecule has 1 aliphatic rings. The lowest BCUT2D eigenvalue weighted by atomic mass is 10.0. The van der Waals surface area contributed by atoms with Crippen molar-refractivity contribution in [3.63, 3.8) is 0 Å². The van der Waals surface area contributed by atoms with Gasteiger partial charge >= 0.3 is 6.09 Å². The first-order valence-electron chi connectivity index (χ1n) is 7.75. The highest BCUT2D eigenvalue weighted by molar-refractivity contribution is 5.81. The lowest BCUT2D eigenvalue weighted by molar-refractivity contribution is -0.133. The van der Waals surface area contributed by atoms with Crippen LogP contribution in [0.25, 0.3) is 0 Å². The molecule has 0 aromatic carbocycles. The molecule has 0 saturated carbocycles. The Morgan fingerprint density at radius 3 is 2.39 bits per heavy atom. The van der Waals surface area contributed by atoms with Gasteiger partial charge in [-0.3, -0.25) is 20.4 Å². The number of hydrogen-bond acceptors (Lipinski definition) is 5. The van der Waals surface area contributed by atoms with Crippen molar-refractivity contribution in [2.24, 2.45) is 0 Å². The first-order chi connectivity index (χ1) is 10.6. The number of rotatable bonds is 3. The summed E-state index contributed by atoms with van der Waals surface area (Å²) in [6.45, 7) is 9.11. The number of nitrogens with one attached hydrogen (secondary N) is 2. The van der Waals surface area contributed by atoms with Crippen molar-refractivity contribution in [2.75, 3.05) is 13.2 Å². The topological polar surface area (TPSA) is 97.0 Å². The van der Waals surface area contributed by atoms with Gasteiger partial charge in [0.2, 0.25) is 5.91 Å². The molecular formula is C15H27N3O5. The van der Waals surface area contributed by atoms with Gasteiger partial charge in [0, 0.05) is 19.5 Å². The Balaban J connectivity index is 2.36. The van der Waals surface area contributed by atoms with Gasteiger partial charge in [0.05, 0.1) is 6.10 Å². The van der Waals surface area contributed by atoms with Gasteiger partial charge in [-0.25, -0.2) is 4.79 Å². The quantitative estimate of drug-likeness (QED) is 0.752. The van der Waals surface area contributed by atoms with E-state index in [9.17, 15) is 14.4 Å². The average Bonchev–Trinajstić information content (AvgIpc) is 2.40. The first kappa shape index (κ1) is 19.2. The van der Waals surface area contributed by atoms with Crippen molar-refractivity contribution < 1.29 is 23.9 Å². The molecule has 2 unspecified atom stereocenters. The van der Waals surface area contributed by atoms with E-state index in [1.165, 1.54) is 6.92 Å². The SMILES string of the molecule is CC(=O)NNC(=O)COC1CCN(C(=O)OC(C)(C)C)C(C)C1. The number of carbonyl (C=O) groups is 3. The van der Waals surface area contributed by atoms with Crippen molar-refractivity contribution in [1.29, 1.82) is 0 Å². The maximum absolute atomic E-state index is 12.1. The van der Waals surface area contributed by atoms with Gasteiger partial charge in [-0.1, -0.05) is 0 Å². The summed E-state index contributed by atoms with van der Waals surface area (Å²) in [5.41, 5.74) is 3.91. The minimum Gasteiger partial charge on any atom is -0.444 e. The molecule has 2 atom stereocenters. The zero-order valence-electron chi connectivity index (χ0n) is 14.5. The largest absolute Gasteiger partial charge is 0.444 e. The normalized spacial score (nSPS) is 21.5. The maximum atomic E-state index is 12.1. The van der Waals surface area contributed by atoms with Crippen LogP contribution in [0.4, 0.5) is 4.79 Å². The van der Waals surface area contributed by atoms with E-state index in [2.05, 4.69) is 10.9 Å². The van der Waals surface area contributed by atoms with Crippen LogP contribution in [0.5, 0.6) is 0 Å². The zero-order chi connectivity index (χ0) is 17.6. The van der Waals surface area contributed by atoms with E-state index in [4.69, 9.17) is 9.47 Å². The Morgan fingerprint density at radius 1 is 1.22 bits per heavy atom. The standard InChI is InChI=1S/C15H27N3O5/c1-10-8-12(22-9-13(20)17-16-11(2)19)6-7-18(10)14(21)23-15(3,4)5/h10,12H,6-9H2,1-5H3,(H,16,19)(H,17,20). The molecule has 23 heavy (non-hydrogen) atoms. The predicted octanol–water partition coefficient (Wildman–Crippen LogP) is 0.958. The highest BCUT2D eigenvalue weighted by atomic mass is 16.6. The number of piperidine rings is 1. The van der Waals surface area contributed by atoms with E-state index in [0.29, 0.717) is 19.4 Å². The molecule has 1 heterocycles. The number of ether oxygens (including phenoxy) is 2. The van der Waals surface area contributed by atoms with Crippen LogP contribution in [-0.2, 0) is 19.1 Å². The Kier molecular flexibility index (Phi) is 6.80. The molecule has 0 spiro atoms. The summed E-state index contributed by atoms with van der Waals surface area (Å²) < 4.78 is 10.9. The van der Waals surface area contributed by atoms with Crippen LogP contribution in [0.1, 0.15) is 47.5 Å². The third-order valence-corrected chi connectivity index (χ3v) is 3.28. The molecule has 132 valence electrons. The Hall–Kier alpha value is -1.83. The summed E-state index contributed by atoms with van der Waals surface area (Å²) in [5, 5.41) is 0. The van der Waals surface area contributed by atoms with Crippen LogP contribution in [-0.4, -0.2) is 53.7 Å². The van der Waals surface area contributed by atoms with Crippen molar-refractivity contribution in [3.8, 4) is 0 Å². The fourth-order valence-corrected chi connectivity index (χ4v) is 2.26. The molecule has 1 fully saturated rings. The summed E-state index contributed by atoms with van der Waals surface area (Å²) in [6, 6.07) is -0.0259. The van der Waals surface area contributed by atoms with Crippen LogP contribution in [0.3, 0.4) is 0 Å². The van der Waals surface area contributed by atoms with Crippen molar-refractivity contribution in [2.45, 2.75) is 65.2 Å². The maximum Gasteiger partial charge on any atom is 0.410 e. The summed E-state index contributed by atoms with van der Waals surface area (Å²) in [6.07, 6.45) is 0.836. The average molecular weight is 329 g/mol. The lowest BCUT2D eigenvalue weighted by Gasteiger charge is -2.38. The predicted molar refractivity (Wildman–Crippen MR) is 83.3 cm³/mol. The van der Waals surface area contributed by atoms with Crippen molar-refractivity contribution >= 4 is 17.9 Å². The molecule has 0 bridgehead atoms. The highest BCUT2D eigenvalue weighted by Gasteiger charge is 2.32. The molecule has 2 N–H and O–H groups in total. The van der Waals surface area contributed by atoms with Gasteiger partial charge in [-0.15, -0.1) is 0 Å². The van der Waals surface area contributed by atoms with E-state index in [0.717, 1.165) is 0 Å². The van der Waals surface area contributed by atoms with Crippen LogP contribution in [0.2, 0.25) is 0 Å². The van der Waals surface area contributed by atoms with Gasteiger partial charge in [-0.2, -0.15) is 0 Å². The fourth-order valence-electron chi connectivity index (χ4n) is 2.26. The molecule has 0 aromatic rings. The van der Waals surface area contributed by atoms with E-state index >= 15 is 0 Å². The number of likely N-dealkylation sites (tertiary alicyclic amines) is 1. The molecule has 0 aliphatic carbocycles. The zero-order valence-corrected chi connectivity index (χ0v) is 14.5. The molecule has 8 nitrogen and oxygen atoms in total. The summed E-state index contributed by atoms with van der Waals surface area (Å²) >= 11 is 0. The molecule has 0 aromatic heterocycles. The number of nitrogens with zero attached hydrogens (tertiary/aromatic N) is 1. The van der Waals surface area contributed by atoms with Crippen LogP contribution < -0.4 is 10.9 Å². The third kappa shape index (κ3) is 7.32. The number of amides is 3.